The van der Waals surface area contributed by atoms with Crippen LogP contribution in [0.2, 0.25) is 5.02 Å². The minimum atomic E-state index is -1.18. The molecule has 0 radical (unpaired) electrons. The summed E-state index contributed by atoms with van der Waals surface area (Å²) in [6.07, 6.45) is 1.95. The maximum Gasteiger partial charge on any atom is 0.328 e. The predicted molar refractivity (Wildman–Crippen MR) is 54.8 cm³/mol. The van der Waals surface area contributed by atoms with Crippen LogP contribution in [0.5, 0.6) is 0 Å². The van der Waals surface area contributed by atoms with E-state index in [4.69, 9.17) is 16.7 Å². The molecule has 6 heteroatoms. The van der Waals surface area contributed by atoms with E-state index in [0.29, 0.717) is 5.02 Å². The van der Waals surface area contributed by atoms with E-state index in [-0.39, 0.29) is 11.3 Å². The molecule has 0 fully saturated rings. The third-order valence-corrected chi connectivity index (χ3v) is 1.83. The number of nitro groups is 1. The smallest absolute Gasteiger partial charge is 0.328 e. The second-order valence-electron chi connectivity index (χ2n) is 2.63. The van der Waals surface area contributed by atoms with E-state index in [1.54, 1.807) is 0 Å². The lowest BCUT2D eigenvalue weighted by molar-refractivity contribution is -0.385. The highest BCUT2D eigenvalue weighted by Gasteiger charge is 2.11. The molecule has 0 amide bonds. The van der Waals surface area contributed by atoms with Crippen molar-refractivity contribution in [2.24, 2.45) is 0 Å². The first-order valence-corrected chi connectivity index (χ1v) is 4.23. The van der Waals surface area contributed by atoms with Gasteiger partial charge < -0.3 is 5.11 Å². The SMILES string of the molecule is O=C(O)/C=C/c1cc(Cl)ccc1[N+](=O)[O-]. The van der Waals surface area contributed by atoms with Crippen molar-refractivity contribution in [3.05, 3.63) is 45.0 Å². The van der Waals surface area contributed by atoms with Crippen LogP contribution in [0.3, 0.4) is 0 Å². The number of aliphatic carboxylic acids is 1. The first-order valence-electron chi connectivity index (χ1n) is 3.85. The Bertz CT molecular complexity index is 442. The van der Waals surface area contributed by atoms with Crippen LogP contribution in [0.25, 0.3) is 6.08 Å². The molecule has 0 atom stereocenters. The number of benzene rings is 1. The van der Waals surface area contributed by atoms with Gasteiger partial charge in [-0.2, -0.15) is 0 Å². The molecule has 0 heterocycles. The van der Waals surface area contributed by atoms with Gasteiger partial charge in [-0.1, -0.05) is 11.6 Å². The molecule has 1 rings (SSSR count). The average Bonchev–Trinajstić information content (AvgIpc) is 2.14. The highest BCUT2D eigenvalue weighted by molar-refractivity contribution is 6.30. The Morgan fingerprint density at radius 1 is 1.53 bits per heavy atom. The average molecular weight is 228 g/mol. The summed E-state index contributed by atoms with van der Waals surface area (Å²) >= 11 is 5.63. The molecule has 0 aromatic heterocycles. The van der Waals surface area contributed by atoms with Gasteiger partial charge in [-0.25, -0.2) is 4.79 Å². The fraction of sp³-hybridized carbons (Fsp3) is 0. The molecule has 0 aliphatic rings. The van der Waals surface area contributed by atoms with Crippen molar-refractivity contribution in [1.82, 2.24) is 0 Å². The monoisotopic (exact) mass is 227 g/mol. The fourth-order valence-electron chi connectivity index (χ4n) is 0.986. The molecule has 1 N–H and O–H groups in total. The molecule has 78 valence electrons. The van der Waals surface area contributed by atoms with Gasteiger partial charge in [0.25, 0.3) is 5.69 Å². The lowest BCUT2D eigenvalue weighted by Crippen LogP contribution is -1.92. The molecule has 1 aromatic rings. The predicted octanol–water partition coefficient (Wildman–Crippen LogP) is 2.35. The van der Waals surface area contributed by atoms with Gasteiger partial charge in [-0.05, 0) is 18.2 Å². The molecule has 0 saturated carbocycles. The molecule has 0 unspecified atom stereocenters. The summed E-state index contributed by atoms with van der Waals surface area (Å²) in [4.78, 5) is 20.2. The molecule has 5 nitrogen and oxygen atoms in total. The van der Waals surface area contributed by atoms with Crippen molar-refractivity contribution >= 4 is 29.3 Å². The number of nitro benzene ring substituents is 1. The molecule has 0 saturated heterocycles. The van der Waals surface area contributed by atoms with E-state index >= 15 is 0 Å². The minimum absolute atomic E-state index is 0.162. The minimum Gasteiger partial charge on any atom is -0.478 e. The summed E-state index contributed by atoms with van der Waals surface area (Å²) in [6.45, 7) is 0. The van der Waals surface area contributed by atoms with E-state index in [0.717, 1.165) is 12.2 Å². The Morgan fingerprint density at radius 2 is 2.20 bits per heavy atom. The van der Waals surface area contributed by atoms with Crippen molar-refractivity contribution in [1.29, 1.82) is 0 Å². The highest BCUT2D eigenvalue weighted by Crippen LogP contribution is 2.23. The van der Waals surface area contributed by atoms with Crippen LogP contribution >= 0.6 is 11.6 Å². The van der Waals surface area contributed by atoms with Gasteiger partial charge in [0.05, 0.1) is 10.5 Å². The third-order valence-electron chi connectivity index (χ3n) is 1.59. The van der Waals surface area contributed by atoms with Crippen LogP contribution in [-0.4, -0.2) is 16.0 Å². The zero-order chi connectivity index (χ0) is 11.4. The van der Waals surface area contributed by atoms with Gasteiger partial charge in [-0.15, -0.1) is 0 Å². The fourth-order valence-corrected chi connectivity index (χ4v) is 1.17. The topological polar surface area (TPSA) is 80.4 Å². The standard InChI is InChI=1S/C9H6ClNO4/c10-7-2-3-8(11(14)15)6(5-7)1-4-9(12)13/h1-5H,(H,12,13)/b4-1+. The Morgan fingerprint density at radius 3 is 2.73 bits per heavy atom. The van der Waals surface area contributed by atoms with E-state index in [2.05, 4.69) is 0 Å². The van der Waals surface area contributed by atoms with Crippen LogP contribution in [0.4, 0.5) is 5.69 Å². The van der Waals surface area contributed by atoms with Gasteiger partial charge in [0.1, 0.15) is 0 Å². The zero-order valence-electron chi connectivity index (χ0n) is 7.38. The molecule has 0 aliphatic heterocycles. The highest BCUT2D eigenvalue weighted by atomic mass is 35.5. The number of carboxylic acid groups (broad SMARTS) is 1. The molecule has 0 aliphatic carbocycles. The van der Waals surface area contributed by atoms with Crippen molar-refractivity contribution in [3.63, 3.8) is 0 Å². The second kappa shape index (κ2) is 4.56. The Balaban J connectivity index is 3.18. The van der Waals surface area contributed by atoms with Crippen molar-refractivity contribution < 1.29 is 14.8 Å². The largest absolute Gasteiger partial charge is 0.478 e. The summed E-state index contributed by atoms with van der Waals surface area (Å²) < 4.78 is 0. The number of nitrogens with zero attached hydrogens (tertiary/aromatic N) is 1. The lowest BCUT2D eigenvalue weighted by atomic mass is 10.1. The Kier molecular flexibility index (Phi) is 3.41. The van der Waals surface area contributed by atoms with Crippen LogP contribution in [-0.2, 0) is 4.79 Å². The van der Waals surface area contributed by atoms with Gasteiger partial charge in [0, 0.05) is 17.2 Å². The van der Waals surface area contributed by atoms with Crippen molar-refractivity contribution in [2.45, 2.75) is 0 Å². The van der Waals surface area contributed by atoms with E-state index in [1.807, 2.05) is 0 Å². The van der Waals surface area contributed by atoms with Gasteiger partial charge >= 0.3 is 5.97 Å². The van der Waals surface area contributed by atoms with Gasteiger partial charge in [0.15, 0.2) is 0 Å². The zero-order valence-corrected chi connectivity index (χ0v) is 8.14. The maximum absolute atomic E-state index is 10.6. The summed E-state index contributed by atoms with van der Waals surface area (Å²) in [7, 11) is 0. The van der Waals surface area contributed by atoms with Crippen LogP contribution in [0.15, 0.2) is 24.3 Å². The van der Waals surface area contributed by atoms with Crippen molar-refractivity contribution in [3.8, 4) is 0 Å². The number of carbonyl (C=O) groups is 1. The van der Waals surface area contributed by atoms with E-state index in [1.165, 1.54) is 18.2 Å². The quantitative estimate of drug-likeness (QED) is 0.488. The lowest BCUT2D eigenvalue weighted by Gasteiger charge is -1.97. The van der Waals surface area contributed by atoms with Crippen LogP contribution in [0, 0.1) is 10.1 Å². The third kappa shape index (κ3) is 3.07. The molecule has 15 heavy (non-hydrogen) atoms. The second-order valence-corrected chi connectivity index (χ2v) is 3.07. The van der Waals surface area contributed by atoms with Crippen molar-refractivity contribution in [2.75, 3.05) is 0 Å². The molecular weight excluding hydrogens is 222 g/mol. The molecule has 1 aromatic carbocycles. The number of hydrogen-bond donors (Lipinski definition) is 1. The summed E-state index contributed by atoms with van der Waals surface area (Å²) in [6, 6.07) is 3.93. The first-order chi connectivity index (χ1) is 7.00. The molecule has 0 bridgehead atoms. The number of rotatable bonds is 3. The Hall–Kier alpha value is -1.88. The number of carboxylic acids is 1. The van der Waals surface area contributed by atoms with Crippen LogP contribution < -0.4 is 0 Å². The van der Waals surface area contributed by atoms with E-state index in [9.17, 15) is 14.9 Å². The molecule has 0 spiro atoms. The van der Waals surface area contributed by atoms with E-state index < -0.39 is 10.9 Å². The first kappa shape index (κ1) is 11.2. The van der Waals surface area contributed by atoms with Gasteiger partial charge in [-0.3, -0.25) is 10.1 Å². The number of halogens is 1. The summed E-state index contributed by atoms with van der Waals surface area (Å²) in [5.41, 5.74) is -0.0215. The normalized spacial score (nSPS) is 10.5. The number of hydrogen-bond acceptors (Lipinski definition) is 3. The van der Waals surface area contributed by atoms with Gasteiger partial charge in [0.2, 0.25) is 0 Å². The summed E-state index contributed by atoms with van der Waals surface area (Å²) in [5.74, 6) is -1.18. The summed E-state index contributed by atoms with van der Waals surface area (Å²) in [5, 5.41) is 19.3. The van der Waals surface area contributed by atoms with Crippen LogP contribution in [0.1, 0.15) is 5.56 Å². The maximum atomic E-state index is 10.6. The Labute approximate surface area is 89.7 Å². The molecular formula is C9H6ClNO4.